The summed E-state index contributed by atoms with van der Waals surface area (Å²) >= 11 is 0. The molecule has 1 amide bonds. The Bertz CT molecular complexity index is 1130. The zero-order valence-electron chi connectivity index (χ0n) is 16.8. The van der Waals surface area contributed by atoms with Crippen molar-refractivity contribution in [2.45, 2.75) is 12.7 Å². The first-order valence-electron chi connectivity index (χ1n) is 9.76. The number of ether oxygens (including phenoxy) is 3. The van der Waals surface area contributed by atoms with Crippen molar-refractivity contribution in [3.8, 4) is 17.2 Å². The Balaban J connectivity index is 1.25. The van der Waals surface area contributed by atoms with Gasteiger partial charge in [0.15, 0.2) is 11.5 Å². The molecule has 3 aromatic carbocycles. The molecule has 0 fully saturated rings. The summed E-state index contributed by atoms with van der Waals surface area (Å²) in [6, 6.07) is 20.5. The van der Waals surface area contributed by atoms with E-state index in [9.17, 15) is 14.9 Å². The van der Waals surface area contributed by atoms with Gasteiger partial charge in [0.2, 0.25) is 6.10 Å². The number of hydrogen-bond donors (Lipinski definition) is 1. The summed E-state index contributed by atoms with van der Waals surface area (Å²) in [6.07, 6.45) is 0.729. The second kappa shape index (κ2) is 9.61. The predicted molar refractivity (Wildman–Crippen MR) is 116 cm³/mol. The van der Waals surface area contributed by atoms with E-state index >= 15 is 0 Å². The number of nitrogens with one attached hydrogen (secondary N) is 1. The quantitative estimate of drug-likeness (QED) is 0.347. The summed E-state index contributed by atoms with van der Waals surface area (Å²) in [5.41, 5.74) is 4.07. The molecule has 1 heterocycles. The maximum Gasteiger partial charge on any atom is 0.284 e. The van der Waals surface area contributed by atoms with Gasteiger partial charge in [-0.25, -0.2) is 5.43 Å². The van der Waals surface area contributed by atoms with Crippen LogP contribution < -0.4 is 19.6 Å². The highest BCUT2D eigenvalue weighted by atomic mass is 16.6. The van der Waals surface area contributed by atoms with E-state index in [-0.39, 0.29) is 18.9 Å². The molecule has 0 aliphatic carbocycles. The number of hydrogen-bond acceptors (Lipinski definition) is 7. The molecule has 4 rings (SSSR count). The molecule has 1 N–H and O–H groups in total. The van der Waals surface area contributed by atoms with Crippen LogP contribution >= 0.6 is 0 Å². The van der Waals surface area contributed by atoms with Gasteiger partial charge in [-0.15, -0.1) is 0 Å². The molecule has 0 radical (unpaired) electrons. The molecule has 162 valence electrons. The minimum Gasteiger partial charge on any atom is -0.489 e. The van der Waals surface area contributed by atoms with E-state index < -0.39 is 16.9 Å². The fraction of sp³-hybridized carbons (Fsp3) is 0.130. The van der Waals surface area contributed by atoms with E-state index in [4.69, 9.17) is 14.2 Å². The number of amides is 1. The van der Waals surface area contributed by atoms with E-state index in [2.05, 4.69) is 10.5 Å². The summed E-state index contributed by atoms with van der Waals surface area (Å²) in [4.78, 5) is 22.5. The summed E-state index contributed by atoms with van der Waals surface area (Å²) in [5, 5.41) is 14.7. The normalized spacial score (nSPS) is 14.7. The smallest absolute Gasteiger partial charge is 0.284 e. The van der Waals surface area contributed by atoms with Crippen molar-refractivity contribution in [1.82, 2.24) is 5.43 Å². The first-order valence-corrected chi connectivity index (χ1v) is 9.76. The highest BCUT2D eigenvalue weighted by Crippen LogP contribution is 2.30. The molecule has 32 heavy (non-hydrogen) atoms. The van der Waals surface area contributed by atoms with Crippen molar-refractivity contribution in [3.05, 3.63) is 94.0 Å². The third kappa shape index (κ3) is 5.20. The van der Waals surface area contributed by atoms with Gasteiger partial charge in [0.25, 0.3) is 11.6 Å². The van der Waals surface area contributed by atoms with Crippen LogP contribution in [-0.4, -0.2) is 29.8 Å². The van der Waals surface area contributed by atoms with E-state index in [0.29, 0.717) is 17.2 Å². The van der Waals surface area contributed by atoms with Crippen molar-refractivity contribution in [2.24, 2.45) is 5.10 Å². The van der Waals surface area contributed by atoms with Gasteiger partial charge in [0.05, 0.1) is 11.1 Å². The highest BCUT2D eigenvalue weighted by molar-refractivity contribution is 5.85. The monoisotopic (exact) mass is 433 g/mol. The number of fused-ring (bicyclic) bond motifs is 1. The van der Waals surface area contributed by atoms with Crippen molar-refractivity contribution in [2.75, 3.05) is 6.61 Å². The van der Waals surface area contributed by atoms with E-state index in [1.54, 1.807) is 54.6 Å². The minimum atomic E-state index is -0.780. The third-order valence-electron chi connectivity index (χ3n) is 4.62. The van der Waals surface area contributed by atoms with Crippen LogP contribution in [-0.2, 0) is 11.4 Å². The molecule has 0 saturated carbocycles. The molecule has 0 saturated heterocycles. The Kier molecular flexibility index (Phi) is 6.26. The zero-order valence-corrected chi connectivity index (χ0v) is 16.8. The molecule has 3 aromatic rings. The van der Waals surface area contributed by atoms with Crippen molar-refractivity contribution in [1.29, 1.82) is 0 Å². The van der Waals surface area contributed by atoms with Gasteiger partial charge in [-0.3, -0.25) is 14.9 Å². The number of benzene rings is 3. The van der Waals surface area contributed by atoms with Gasteiger partial charge >= 0.3 is 0 Å². The number of nitro benzene ring substituents is 1. The van der Waals surface area contributed by atoms with Gasteiger partial charge < -0.3 is 14.2 Å². The Labute approximate surface area is 183 Å². The molecule has 1 aliphatic rings. The van der Waals surface area contributed by atoms with Gasteiger partial charge in [0.1, 0.15) is 19.0 Å². The second-order valence-corrected chi connectivity index (χ2v) is 6.88. The van der Waals surface area contributed by atoms with Crippen LogP contribution in [0, 0.1) is 10.1 Å². The lowest BCUT2D eigenvalue weighted by atomic mass is 10.2. The van der Waals surface area contributed by atoms with Gasteiger partial charge in [-0.1, -0.05) is 12.1 Å². The summed E-state index contributed by atoms with van der Waals surface area (Å²) in [6.45, 7) is 0.396. The average Bonchev–Trinajstić information content (AvgIpc) is 2.83. The van der Waals surface area contributed by atoms with Gasteiger partial charge in [0, 0.05) is 12.1 Å². The van der Waals surface area contributed by atoms with Crippen molar-refractivity contribution in [3.63, 3.8) is 0 Å². The number of para-hydroxylation sites is 2. The van der Waals surface area contributed by atoms with Crippen molar-refractivity contribution < 1.29 is 23.9 Å². The number of carbonyl (C=O) groups excluding carboxylic acids is 1. The lowest BCUT2D eigenvalue weighted by molar-refractivity contribution is -0.384. The molecule has 0 bridgehead atoms. The number of rotatable bonds is 7. The maximum absolute atomic E-state index is 12.2. The van der Waals surface area contributed by atoms with Crippen LogP contribution in [0.5, 0.6) is 17.2 Å². The van der Waals surface area contributed by atoms with Crippen molar-refractivity contribution >= 4 is 17.8 Å². The molecular formula is C23H19N3O6. The summed E-state index contributed by atoms with van der Waals surface area (Å²) in [5.74, 6) is 1.36. The zero-order chi connectivity index (χ0) is 22.3. The molecule has 0 aromatic heterocycles. The molecule has 1 aliphatic heterocycles. The average molecular weight is 433 g/mol. The van der Waals surface area contributed by atoms with Crippen LogP contribution in [0.2, 0.25) is 0 Å². The van der Waals surface area contributed by atoms with Gasteiger partial charge in [-0.2, -0.15) is 5.10 Å². The highest BCUT2D eigenvalue weighted by Gasteiger charge is 2.26. The minimum absolute atomic E-state index is 0.0388. The van der Waals surface area contributed by atoms with Crippen LogP contribution in [0.25, 0.3) is 0 Å². The number of nitrogens with zero attached hydrogens (tertiary/aromatic N) is 2. The van der Waals surface area contributed by atoms with Crippen LogP contribution in [0.1, 0.15) is 11.1 Å². The molecule has 9 heteroatoms. The fourth-order valence-electron chi connectivity index (χ4n) is 2.92. The Morgan fingerprint density at radius 3 is 2.53 bits per heavy atom. The summed E-state index contributed by atoms with van der Waals surface area (Å²) < 4.78 is 16.8. The lowest BCUT2D eigenvalue weighted by Crippen LogP contribution is -2.42. The molecule has 1 atom stereocenters. The fourth-order valence-corrected chi connectivity index (χ4v) is 2.92. The first-order chi connectivity index (χ1) is 15.6. The molecule has 0 spiro atoms. The van der Waals surface area contributed by atoms with E-state index in [0.717, 1.165) is 11.1 Å². The molecule has 9 nitrogen and oxygen atoms in total. The second-order valence-electron chi connectivity index (χ2n) is 6.88. The molecular weight excluding hydrogens is 414 g/mol. The Hall–Kier alpha value is -4.40. The van der Waals surface area contributed by atoms with Crippen LogP contribution in [0.3, 0.4) is 0 Å². The topological polar surface area (TPSA) is 112 Å². The van der Waals surface area contributed by atoms with E-state index in [1.165, 1.54) is 18.3 Å². The third-order valence-corrected chi connectivity index (χ3v) is 4.62. The Morgan fingerprint density at radius 1 is 1.09 bits per heavy atom. The largest absolute Gasteiger partial charge is 0.489 e. The van der Waals surface area contributed by atoms with Crippen LogP contribution in [0.4, 0.5) is 5.69 Å². The van der Waals surface area contributed by atoms with Crippen LogP contribution in [0.15, 0.2) is 77.9 Å². The predicted octanol–water partition coefficient (Wildman–Crippen LogP) is 3.46. The number of hydrazone groups is 1. The first kappa shape index (κ1) is 20.9. The number of carbonyl (C=O) groups is 1. The SMILES string of the molecule is O=C(N/N=C/c1ccc(OCc2ccc([N+](=O)[O-])cc2)cc1)C1COc2ccccc2O1. The maximum atomic E-state index is 12.2. The lowest BCUT2D eigenvalue weighted by Gasteiger charge is -2.24. The van der Waals surface area contributed by atoms with E-state index in [1.807, 2.05) is 6.07 Å². The number of nitro groups is 1. The summed E-state index contributed by atoms with van der Waals surface area (Å²) in [7, 11) is 0. The standard InChI is InChI=1S/C23H19N3O6/c27-23(22-15-31-20-3-1-2-4-21(20)32-22)25-24-13-16-7-11-19(12-8-16)30-14-17-5-9-18(10-6-17)26(28)29/h1-13,22H,14-15H2,(H,25,27)/b24-13+. The Morgan fingerprint density at radius 2 is 1.81 bits per heavy atom. The molecule has 1 unspecified atom stereocenters. The van der Waals surface area contributed by atoms with Gasteiger partial charge in [-0.05, 0) is 59.7 Å². The number of non-ortho nitro benzene ring substituents is 1.